The third-order valence-corrected chi connectivity index (χ3v) is 12.2. The van der Waals surface area contributed by atoms with Crippen molar-refractivity contribution >= 4 is 5.91 Å². The Kier molecular flexibility index (Phi) is 36.5. The van der Waals surface area contributed by atoms with Crippen LogP contribution in [0.25, 0.3) is 0 Å². The van der Waals surface area contributed by atoms with Gasteiger partial charge in [0.2, 0.25) is 5.91 Å². The van der Waals surface area contributed by atoms with Gasteiger partial charge in [0.05, 0.1) is 24.9 Å². The van der Waals surface area contributed by atoms with E-state index in [0.29, 0.717) is 12.8 Å². The van der Waals surface area contributed by atoms with Gasteiger partial charge in [-0.15, -0.1) is 0 Å². The molecule has 8 heteroatoms. The SMILES string of the molecule is CCCCCCCCCCCCCCCCCCCCCCCC(=O)N[C@@H](COC1OC(C)[C@@H](O)C(O)C1O)[C@H](O)CCCCCCCCCCCCCCC. The highest BCUT2D eigenvalue weighted by Gasteiger charge is 2.42. The fourth-order valence-corrected chi connectivity index (χ4v) is 8.17. The third-order valence-electron chi connectivity index (χ3n) is 12.2. The number of nitrogens with one attached hydrogen (secondary N) is 1. The van der Waals surface area contributed by atoms with Crippen molar-refractivity contribution in [3.8, 4) is 0 Å². The Bertz CT molecular complexity index is 846. The van der Waals surface area contributed by atoms with Gasteiger partial charge in [0.25, 0.3) is 0 Å². The van der Waals surface area contributed by atoms with Crippen molar-refractivity contribution in [3.05, 3.63) is 0 Å². The van der Waals surface area contributed by atoms with Crippen LogP contribution in [-0.4, -0.2) is 75.8 Å². The first-order valence-electron chi connectivity index (χ1n) is 24.6. The molecule has 1 rings (SSSR count). The quantitative estimate of drug-likeness (QED) is 0.0390. The molecule has 0 aromatic carbocycles. The first kappa shape index (κ1) is 53.2. The lowest BCUT2D eigenvalue weighted by Gasteiger charge is -2.39. The smallest absolute Gasteiger partial charge is 0.220 e. The van der Waals surface area contributed by atoms with Gasteiger partial charge in [-0.25, -0.2) is 0 Å². The minimum Gasteiger partial charge on any atom is -0.391 e. The zero-order valence-corrected chi connectivity index (χ0v) is 37.2. The molecule has 1 heterocycles. The maximum absolute atomic E-state index is 13.0. The molecule has 0 bridgehead atoms. The lowest BCUT2D eigenvalue weighted by atomic mass is 10.00. The molecule has 5 N–H and O–H groups in total. The third kappa shape index (κ3) is 29.4. The van der Waals surface area contributed by atoms with Crippen LogP contribution in [0.4, 0.5) is 0 Å². The molecule has 4 unspecified atom stereocenters. The van der Waals surface area contributed by atoms with E-state index in [1.54, 1.807) is 6.92 Å². The molecular formula is C48H95NO7. The normalized spacial score (nSPS) is 21.0. The summed E-state index contributed by atoms with van der Waals surface area (Å²) in [5, 5.41) is 44.8. The predicted molar refractivity (Wildman–Crippen MR) is 234 cm³/mol. The first-order chi connectivity index (χ1) is 27.3. The number of unbranched alkanes of at least 4 members (excludes halogenated alkanes) is 32. The van der Waals surface area contributed by atoms with Gasteiger partial charge in [-0.2, -0.15) is 0 Å². The number of aliphatic hydroxyl groups is 4. The highest BCUT2D eigenvalue weighted by molar-refractivity contribution is 5.76. The van der Waals surface area contributed by atoms with E-state index in [4.69, 9.17) is 9.47 Å². The molecule has 0 aliphatic carbocycles. The van der Waals surface area contributed by atoms with Gasteiger partial charge in [-0.1, -0.05) is 226 Å². The van der Waals surface area contributed by atoms with E-state index in [1.807, 2.05) is 0 Å². The van der Waals surface area contributed by atoms with E-state index in [2.05, 4.69) is 19.2 Å². The molecule has 1 amide bonds. The number of hydrogen-bond acceptors (Lipinski definition) is 7. The maximum atomic E-state index is 13.0. The van der Waals surface area contributed by atoms with Crippen LogP contribution in [0.1, 0.15) is 252 Å². The fraction of sp³-hybridized carbons (Fsp3) is 0.979. The van der Waals surface area contributed by atoms with Crippen molar-refractivity contribution in [1.29, 1.82) is 0 Å². The molecule has 0 aromatic rings. The van der Waals surface area contributed by atoms with Crippen LogP contribution in [0.2, 0.25) is 0 Å². The van der Waals surface area contributed by atoms with Crippen molar-refractivity contribution in [1.82, 2.24) is 5.32 Å². The number of aliphatic hydroxyl groups excluding tert-OH is 4. The van der Waals surface area contributed by atoms with Gasteiger partial charge in [-0.05, 0) is 19.8 Å². The lowest BCUT2D eigenvalue weighted by Crippen LogP contribution is -2.58. The number of hydrogen-bond donors (Lipinski definition) is 5. The molecule has 1 fully saturated rings. The second-order valence-electron chi connectivity index (χ2n) is 17.6. The zero-order chi connectivity index (χ0) is 40.9. The monoisotopic (exact) mass is 798 g/mol. The van der Waals surface area contributed by atoms with Crippen LogP contribution in [0.3, 0.4) is 0 Å². The van der Waals surface area contributed by atoms with Crippen molar-refractivity contribution in [2.45, 2.75) is 295 Å². The van der Waals surface area contributed by atoms with Crippen molar-refractivity contribution in [2.75, 3.05) is 6.61 Å². The van der Waals surface area contributed by atoms with Gasteiger partial charge in [0.1, 0.15) is 18.3 Å². The van der Waals surface area contributed by atoms with Crippen LogP contribution in [-0.2, 0) is 14.3 Å². The molecule has 0 radical (unpaired) electrons. The van der Waals surface area contributed by atoms with E-state index >= 15 is 0 Å². The van der Waals surface area contributed by atoms with Gasteiger partial charge in [-0.3, -0.25) is 4.79 Å². The van der Waals surface area contributed by atoms with Crippen molar-refractivity contribution < 1.29 is 34.7 Å². The summed E-state index contributed by atoms with van der Waals surface area (Å²) < 4.78 is 11.4. The molecule has 0 spiro atoms. The van der Waals surface area contributed by atoms with E-state index in [0.717, 1.165) is 38.5 Å². The summed E-state index contributed by atoms with van der Waals surface area (Å²) in [7, 11) is 0. The van der Waals surface area contributed by atoms with Crippen LogP contribution in [0, 0.1) is 0 Å². The van der Waals surface area contributed by atoms with E-state index in [1.165, 1.54) is 180 Å². The molecule has 334 valence electrons. The van der Waals surface area contributed by atoms with Crippen LogP contribution in [0.15, 0.2) is 0 Å². The molecule has 0 aromatic heterocycles. The molecule has 1 aliphatic heterocycles. The molecule has 1 aliphatic rings. The summed E-state index contributed by atoms with van der Waals surface area (Å²) in [4.78, 5) is 13.0. The molecule has 0 saturated carbocycles. The molecular weight excluding hydrogens is 703 g/mol. The summed E-state index contributed by atoms with van der Waals surface area (Å²) in [6, 6.07) is -0.648. The fourth-order valence-electron chi connectivity index (χ4n) is 8.17. The number of ether oxygens (including phenoxy) is 2. The summed E-state index contributed by atoms with van der Waals surface area (Å²) in [5.41, 5.74) is 0. The maximum Gasteiger partial charge on any atom is 0.220 e. The van der Waals surface area contributed by atoms with E-state index < -0.39 is 42.9 Å². The second-order valence-corrected chi connectivity index (χ2v) is 17.6. The Morgan fingerprint density at radius 3 is 1.23 bits per heavy atom. The second kappa shape index (κ2) is 38.4. The Hall–Kier alpha value is -0.770. The largest absolute Gasteiger partial charge is 0.391 e. The van der Waals surface area contributed by atoms with Crippen LogP contribution >= 0.6 is 0 Å². The van der Waals surface area contributed by atoms with Gasteiger partial charge >= 0.3 is 0 Å². The highest BCUT2D eigenvalue weighted by atomic mass is 16.7. The van der Waals surface area contributed by atoms with Gasteiger partial charge < -0.3 is 35.2 Å². The Morgan fingerprint density at radius 2 is 0.857 bits per heavy atom. The predicted octanol–water partition coefficient (Wildman–Crippen LogP) is 11.8. The summed E-state index contributed by atoms with van der Waals surface area (Å²) in [6.07, 6.45) is 38.4. The van der Waals surface area contributed by atoms with Gasteiger partial charge in [0, 0.05) is 6.42 Å². The number of amides is 1. The van der Waals surface area contributed by atoms with Crippen molar-refractivity contribution in [3.63, 3.8) is 0 Å². The van der Waals surface area contributed by atoms with Crippen LogP contribution < -0.4 is 5.32 Å². The summed E-state index contributed by atoms with van der Waals surface area (Å²) >= 11 is 0. The zero-order valence-electron chi connectivity index (χ0n) is 37.2. The molecule has 7 atom stereocenters. The topological polar surface area (TPSA) is 128 Å². The summed E-state index contributed by atoms with van der Waals surface area (Å²) in [5.74, 6) is -0.102. The van der Waals surface area contributed by atoms with Crippen molar-refractivity contribution in [2.24, 2.45) is 0 Å². The minimum atomic E-state index is -1.42. The molecule has 1 saturated heterocycles. The molecule has 56 heavy (non-hydrogen) atoms. The molecule has 8 nitrogen and oxygen atoms in total. The van der Waals surface area contributed by atoms with Gasteiger partial charge in [0.15, 0.2) is 6.29 Å². The number of carbonyl (C=O) groups excluding carboxylic acids is 1. The Balaban J connectivity index is 2.21. The minimum absolute atomic E-state index is 0.0536. The standard InChI is InChI=1S/C48H95NO7/c1-4-6-8-10-12-14-16-18-19-20-21-22-23-24-25-27-29-31-33-35-37-39-44(51)49-42(40-55-48-47(54)46(53)45(52)41(3)56-48)43(50)38-36-34-32-30-28-26-17-15-13-11-9-7-5-2/h41-43,45-48,50,52-54H,4-40H2,1-3H3,(H,49,51)/t41?,42-,43+,45+,46?,47?,48?/m0/s1. The average Bonchev–Trinajstić information content (AvgIpc) is 3.19. The first-order valence-corrected chi connectivity index (χ1v) is 24.6. The highest BCUT2D eigenvalue weighted by Crippen LogP contribution is 2.23. The van der Waals surface area contributed by atoms with E-state index in [9.17, 15) is 25.2 Å². The average molecular weight is 798 g/mol. The van der Waals surface area contributed by atoms with Crippen LogP contribution in [0.5, 0.6) is 0 Å². The number of rotatable bonds is 41. The Morgan fingerprint density at radius 1 is 0.518 bits per heavy atom. The van der Waals surface area contributed by atoms with E-state index in [-0.39, 0.29) is 12.5 Å². The lowest BCUT2D eigenvalue weighted by molar-refractivity contribution is -0.295. The number of carbonyl (C=O) groups is 1. The Labute approximate surface area is 346 Å². The summed E-state index contributed by atoms with van der Waals surface area (Å²) in [6.45, 7) is 6.10.